The maximum absolute atomic E-state index is 13.3. The van der Waals surface area contributed by atoms with E-state index in [1.807, 2.05) is 13.0 Å². The number of aliphatic hydroxyl groups excluding tert-OH is 1. The number of fused-ring (bicyclic) bond motifs is 1. The summed E-state index contributed by atoms with van der Waals surface area (Å²) in [6.07, 6.45) is 0.699. The summed E-state index contributed by atoms with van der Waals surface area (Å²) in [5, 5.41) is 39.7. The number of aryl methyl sites for hydroxylation is 2. The zero-order valence-corrected chi connectivity index (χ0v) is 22.0. The zero-order chi connectivity index (χ0) is 26.8. The molecule has 5 rings (SSSR count). The normalized spacial score (nSPS) is 25.9. The van der Waals surface area contributed by atoms with Gasteiger partial charge in [0.15, 0.2) is 5.72 Å². The number of halogens is 2. The average molecular weight is 535 g/mol. The van der Waals surface area contributed by atoms with E-state index < -0.39 is 29.3 Å². The minimum Gasteiger partial charge on any atom is -0.390 e. The number of hydrogen-bond donors (Lipinski definition) is 5. The highest BCUT2D eigenvalue weighted by Crippen LogP contribution is 2.44. The summed E-state index contributed by atoms with van der Waals surface area (Å²) in [5.74, 6) is -2.85. The first-order valence-corrected chi connectivity index (χ1v) is 13.2. The Morgan fingerprint density at radius 1 is 1.16 bits per heavy atom. The first-order chi connectivity index (χ1) is 17.3. The van der Waals surface area contributed by atoms with Crippen molar-refractivity contribution in [1.82, 2.24) is 19.9 Å². The molecule has 3 aromatic heterocycles. The van der Waals surface area contributed by atoms with Gasteiger partial charge in [0.1, 0.15) is 22.4 Å². The lowest BCUT2D eigenvalue weighted by Gasteiger charge is -2.35. The van der Waals surface area contributed by atoms with Crippen molar-refractivity contribution in [3.8, 4) is 10.6 Å². The van der Waals surface area contributed by atoms with Crippen LogP contribution >= 0.6 is 11.3 Å². The van der Waals surface area contributed by atoms with Crippen molar-refractivity contribution in [2.75, 3.05) is 17.2 Å². The molecule has 0 unspecified atom stereocenters. The molecule has 12 heteroatoms. The largest absolute Gasteiger partial charge is 0.390 e. The highest BCUT2D eigenvalue weighted by molar-refractivity contribution is 7.21. The Labute approximate surface area is 217 Å². The van der Waals surface area contributed by atoms with Gasteiger partial charge in [0, 0.05) is 31.5 Å². The summed E-state index contributed by atoms with van der Waals surface area (Å²) in [7, 11) is 0. The maximum atomic E-state index is 13.3. The summed E-state index contributed by atoms with van der Waals surface area (Å²) in [6, 6.07) is 1.87. The molecule has 3 heterocycles. The highest BCUT2D eigenvalue weighted by Gasteiger charge is 2.52. The molecule has 3 aromatic rings. The van der Waals surface area contributed by atoms with E-state index in [-0.39, 0.29) is 36.9 Å². The van der Waals surface area contributed by atoms with Crippen molar-refractivity contribution < 1.29 is 24.1 Å². The molecule has 200 valence electrons. The van der Waals surface area contributed by atoms with Crippen LogP contribution in [0.25, 0.3) is 20.8 Å². The third kappa shape index (κ3) is 4.99. The van der Waals surface area contributed by atoms with E-state index in [2.05, 4.69) is 25.6 Å². The van der Waals surface area contributed by atoms with E-state index in [4.69, 9.17) is 4.98 Å². The zero-order valence-electron chi connectivity index (χ0n) is 21.2. The van der Waals surface area contributed by atoms with Crippen molar-refractivity contribution in [1.29, 1.82) is 0 Å². The molecule has 2 fully saturated rings. The van der Waals surface area contributed by atoms with Crippen molar-refractivity contribution in [3.63, 3.8) is 0 Å². The van der Waals surface area contributed by atoms with Crippen LogP contribution in [0.2, 0.25) is 0 Å². The van der Waals surface area contributed by atoms with Gasteiger partial charge >= 0.3 is 0 Å². The summed E-state index contributed by atoms with van der Waals surface area (Å²) < 4.78 is 27.5. The van der Waals surface area contributed by atoms with E-state index in [0.717, 1.165) is 15.9 Å². The third-order valence-electron chi connectivity index (χ3n) is 7.47. The molecule has 37 heavy (non-hydrogen) atoms. The minimum absolute atomic E-state index is 0.175. The first-order valence-electron chi connectivity index (χ1n) is 12.4. The van der Waals surface area contributed by atoms with Crippen LogP contribution in [0.15, 0.2) is 12.3 Å². The molecule has 2 aliphatic rings. The Morgan fingerprint density at radius 3 is 2.51 bits per heavy atom. The molecule has 0 aromatic carbocycles. The summed E-state index contributed by atoms with van der Waals surface area (Å²) >= 11 is 1.43. The molecule has 5 N–H and O–H groups in total. The second kappa shape index (κ2) is 9.04. The number of nitrogens with zero attached hydrogens (tertiary/aromatic N) is 4. The molecule has 0 saturated heterocycles. The molecule has 0 spiro atoms. The molecule has 2 aliphatic carbocycles. The Balaban J connectivity index is 1.51. The fraction of sp³-hybridized carbons (Fsp3) is 0.600. The second-order valence-corrected chi connectivity index (χ2v) is 12.0. The Kier molecular flexibility index (Phi) is 6.37. The van der Waals surface area contributed by atoms with E-state index in [1.165, 1.54) is 11.3 Å². The number of pyridine rings is 1. The number of alkyl halides is 2. The van der Waals surface area contributed by atoms with Crippen molar-refractivity contribution in [2.45, 2.75) is 76.7 Å². The smallest absolute Gasteiger partial charge is 0.248 e. The number of hydrogen-bond acceptors (Lipinski definition) is 10. The maximum Gasteiger partial charge on any atom is 0.248 e. The summed E-state index contributed by atoms with van der Waals surface area (Å²) in [6.45, 7) is 7.18. The predicted molar refractivity (Wildman–Crippen MR) is 138 cm³/mol. The van der Waals surface area contributed by atoms with Crippen LogP contribution in [0.4, 0.5) is 20.5 Å². The van der Waals surface area contributed by atoms with Gasteiger partial charge in [-0.1, -0.05) is 0 Å². The summed E-state index contributed by atoms with van der Waals surface area (Å²) in [4.78, 5) is 18.2. The lowest BCUT2D eigenvalue weighted by Crippen LogP contribution is -2.51. The molecule has 0 bridgehead atoms. The Bertz CT molecular complexity index is 1320. The van der Waals surface area contributed by atoms with Gasteiger partial charge in [0.05, 0.1) is 27.3 Å². The van der Waals surface area contributed by atoms with Crippen molar-refractivity contribution in [2.24, 2.45) is 11.8 Å². The Hall–Kier alpha value is -2.54. The monoisotopic (exact) mass is 534 g/mol. The fourth-order valence-corrected chi connectivity index (χ4v) is 6.46. The highest BCUT2D eigenvalue weighted by atomic mass is 32.1. The van der Waals surface area contributed by atoms with Gasteiger partial charge in [-0.15, -0.1) is 11.3 Å². The van der Waals surface area contributed by atoms with E-state index in [0.29, 0.717) is 29.2 Å². The molecule has 2 saturated carbocycles. The van der Waals surface area contributed by atoms with E-state index in [9.17, 15) is 24.1 Å². The van der Waals surface area contributed by atoms with Gasteiger partial charge in [-0.3, -0.25) is 4.98 Å². The van der Waals surface area contributed by atoms with Gasteiger partial charge in [0.2, 0.25) is 11.9 Å². The second-order valence-electron chi connectivity index (χ2n) is 10.9. The van der Waals surface area contributed by atoms with Crippen molar-refractivity contribution >= 4 is 33.3 Å². The van der Waals surface area contributed by atoms with Crippen LogP contribution in [0.3, 0.4) is 0 Å². The van der Waals surface area contributed by atoms with Crippen LogP contribution in [0, 0.1) is 25.7 Å². The van der Waals surface area contributed by atoms with Gasteiger partial charge < -0.3 is 26.0 Å². The van der Waals surface area contributed by atoms with Crippen molar-refractivity contribution in [3.05, 3.63) is 23.7 Å². The molecular formula is C25H32F2N6O3S. The SMILES string of the molecule is Cc1nc(NCC2CC(F)(F)C2)nc(N[C@@]2(O)CC[C@H](C(C)(C)O)[C@H]2O)c1-c1nc2c(C)nccc2s1. The van der Waals surface area contributed by atoms with E-state index >= 15 is 0 Å². The van der Waals surface area contributed by atoms with Gasteiger partial charge in [-0.25, -0.2) is 18.7 Å². The van der Waals surface area contributed by atoms with Gasteiger partial charge in [-0.05, 0) is 52.5 Å². The lowest BCUT2D eigenvalue weighted by atomic mass is 9.81. The molecule has 0 amide bonds. The standard InChI is InChI=1S/C25H32F2N6O3S/c1-12-17(21-31-18-13(2)28-8-6-16(18)37-21)20(32-22(30-12)29-11-14-9-24(26,27)10-14)33-25(36)7-5-15(19(25)34)23(3,4)35/h6,8,14-15,19,34-36H,5,7,9-11H2,1-4H3,(H2,29,30,32,33)/t15-,19+,25+/m0/s1. The van der Waals surface area contributed by atoms with Gasteiger partial charge in [0.25, 0.3) is 0 Å². The molecular weight excluding hydrogens is 502 g/mol. The molecule has 3 atom stereocenters. The van der Waals surface area contributed by atoms with Gasteiger partial charge in [-0.2, -0.15) is 4.98 Å². The van der Waals surface area contributed by atoms with E-state index in [1.54, 1.807) is 27.0 Å². The number of anilines is 2. The Morgan fingerprint density at radius 2 is 1.89 bits per heavy atom. The third-order valence-corrected chi connectivity index (χ3v) is 8.50. The number of thiazole rings is 1. The van der Waals surface area contributed by atoms with Crippen LogP contribution in [-0.4, -0.2) is 65.2 Å². The topological polar surface area (TPSA) is 136 Å². The summed E-state index contributed by atoms with van der Waals surface area (Å²) in [5.41, 5.74) is -0.274. The lowest BCUT2D eigenvalue weighted by molar-refractivity contribution is -0.106. The number of aromatic nitrogens is 4. The quantitative estimate of drug-likeness (QED) is 0.286. The fourth-order valence-electron chi connectivity index (χ4n) is 5.35. The number of rotatable bonds is 7. The molecule has 9 nitrogen and oxygen atoms in total. The van der Waals surface area contributed by atoms with Crippen LogP contribution < -0.4 is 10.6 Å². The van der Waals surface area contributed by atoms with Crippen LogP contribution in [-0.2, 0) is 0 Å². The predicted octanol–water partition coefficient (Wildman–Crippen LogP) is 3.86. The number of aliphatic hydroxyl groups is 3. The average Bonchev–Trinajstić information content (AvgIpc) is 3.32. The minimum atomic E-state index is -2.61. The molecule has 0 aliphatic heterocycles. The van der Waals surface area contributed by atoms with Crippen LogP contribution in [0.1, 0.15) is 50.9 Å². The van der Waals surface area contributed by atoms with Crippen LogP contribution in [0.5, 0.6) is 0 Å². The molecule has 0 radical (unpaired) electrons. The number of nitrogens with one attached hydrogen (secondary N) is 2. The first kappa shape index (κ1) is 26.1.